The molecule has 0 radical (unpaired) electrons. The van der Waals surface area contributed by atoms with Crippen molar-refractivity contribution >= 4 is 33.8 Å². The number of rotatable bonds is 4. The number of ether oxygens (including phenoxy) is 2. The first-order chi connectivity index (χ1) is 16.6. The summed E-state index contributed by atoms with van der Waals surface area (Å²) in [6, 6.07) is 6.07. The van der Waals surface area contributed by atoms with Gasteiger partial charge in [0.05, 0.1) is 39.1 Å². The number of nitrogens with zero attached hydrogens (tertiary/aromatic N) is 5. The summed E-state index contributed by atoms with van der Waals surface area (Å²) in [5, 5.41) is 10.8. The van der Waals surface area contributed by atoms with Crippen molar-refractivity contribution in [2.45, 2.75) is 19.6 Å². The van der Waals surface area contributed by atoms with E-state index in [2.05, 4.69) is 33.3 Å². The van der Waals surface area contributed by atoms with E-state index < -0.39 is 0 Å². The molecule has 34 heavy (non-hydrogen) atoms. The van der Waals surface area contributed by atoms with E-state index in [-0.39, 0.29) is 12.6 Å². The first-order valence-electron chi connectivity index (χ1n) is 11.5. The summed E-state index contributed by atoms with van der Waals surface area (Å²) in [5.41, 5.74) is 4.83. The van der Waals surface area contributed by atoms with Gasteiger partial charge in [0.2, 0.25) is 5.95 Å². The van der Waals surface area contributed by atoms with Crippen LogP contribution in [0.25, 0.3) is 33.5 Å². The van der Waals surface area contributed by atoms with Gasteiger partial charge in [-0.2, -0.15) is 9.97 Å². The number of benzene rings is 1. The second-order valence-electron chi connectivity index (χ2n) is 8.76. The van der Waals surface area contributed by atoms with Crippen LogP contribution < -0.4 is 9.80 Å². The van der Waals surface area contributed by atoms with Gasteiger partial charge in [0.1, 0.15) is 11.3 Å². The number of morpholine rings is 2. The lowest BCUT2D eigenvalue weighted by molar-refractivity contribution is 0.0981. The number of aliphatic hydroxyl groups excluding tert-OH is 1. The molecule has 0 saturated carbocycles. The molecule has 4 aromatic rings. The molecule has 2 aliphatic heterocycles. The van der Waals surface area contributed by atoms with Crippen molar-refractivity contribution in [1.29, 1.82) is 0 Å². The molecule has 3 aromatic heterocycles. The molecule has 0 unspecified atom stereocenters. The number of aliphatic hydroxyl groups is 1. The van der Waals surface area contributed by atoms with Crippen molar-refractivity contribution in [3.8, 4) is 11.4 Å². The lowest BCUT2D eigenvalue weighted by Crippen LogP contribution is -2.45. The van der Waals surface area contributed by atoms with Crippen molar-refractivity contribution in [2.24, 2.45) is 0 Å². The smallest absolute Gasteiger partial charge is 0.229 e. The van der Waals surface area contributed by atoms with Crippen molar-refractivity contribution in [3.63, 3.8) is 0 Å². The molecule has 0 aliphatic carbocycles. The minimum Gasteiger partial charge on any atom is -0.392 e. The number of hydrogen-bond acceptors (Lipinski definition) is 8. The van der Waals surface area contributed by atoms with Crippen molar-refractivity contribution < 1.29 is 14.6 Å². The zero-order valence-corrected chi connectivity index (χ0v) is 19.0. The maximum Gasteiger partial charge on any atom is 0.229 e. The zero-order valence-electron chi connectivity index (χ0n) is 19.0. The van der Waals surface area contributed by atoms with Crippen LogP contribution >= 0.6 is 0 Å². The van der Waals surface area contributed by atoms with E-state index in [0.717, 1.165) is 45.6 Å². The average molecular weight is 462 g/mol. The normalized spacial score (nSPS) is 19.5. The predicted molar refractivity (Wildman–Crippen MR) is 130 cm³/mol. The molecule has 0 spiro atoms. The second kappa shape index (κ2) is 8.39. The van der Waals surface area contributed by atoms with Crippen molar-refractivity contribution in [2.75, 3.05) is 49.3 Å². The number of imidazole rings is 1. The fourth-order valence-corrected chi connectivity index (χ4v) is 4.70. The molecule has 6 rings (SSSR count). The van der Waals surface area contributed by atoms with Crippen LogP contribution in [0.2, 0.25) is 0 Å². The highest BCUT2D eigenvalue weighted by molar-refractivity contribution is 5.97. The Balaban J connectivity index is 1.55. The molecule has 1 aromatic carbocycles. The van der Waals surface area contributed by atoms with Crippen LogP contribution in [0, 0.1) is 0 Å². The summed E-state index contributed by atoms with van der Waals surface area (Å²) < 4.78 is 11.2. The van der Waals surface area contributed by atoms with Gasteiger partial charge < -0.3 is 34.3 Å². The fraction of sp³-hybridized carbons (Fsp3) is 0.375. The van der Waals surface area contributed by atoms with Gasteiger partial charge in [0, 0.05) is 41.4 Å². The molecular weight excluding hydrogens is 434 g/mol. The summed E-state index contributed by atoms with van der Waals surface area (Å²) in [5.74, 6) is 2.05. The lowest BCUT2D eigenvalue weighted by atomic mass is 10.1. The SMILES string of the molecule is C=C1COCCN1c1nc(N2CCOC[C@H]2C)nc2nc(-c3cc(CO)cc4[nH]ccc34)[nH]c12. The summed E-state index contributed by atoms with van der Waals surface area (Å²) >= 11 is 0. The topological polar surface area (TPSA) is 115 Å². The molecule has 0 bridgehead atoms. The molecule has 10 nitrogen and oxygen atoms in total. The van der Waals surface area contributed by atoms with E-state index >= 15 is 0 Å². The van der Waals surface area contributed by atoms with Crippen LogP contribution in [0.1, 0.15) is 12.5 Å². The quantitative estimate of drug-likeness (QED) is 0.425. The highest BCUT2D eigenvalue weighted by Crippen LogP contribution is 2.34. The highest BCUT2D eigenvalue weighted by Gasteiger charge is 2.27. The summed E-state index contributed by atoms with van der Waals surface area (Å²) in [7, 11) is 0. The third-order valence-corrected chi connectivity index (χ3v) is 6.48. The molecule has 1 atom stereocenters. The number of anilines is 2. The van der Waals surface area contributed by atoms with Gasteiger partial charge in [-0.15, -0.1) is 0 Å². The number of aromatic amines is 2. The van der Waals surface area contributed by atoms with Crippen LogP contribution in [0.4, 0.5) is 11.8 Å². The molecule has 0 amide bonds. The predicted octanol–water partition coefficient (Wildman–Crippen LogP) is 2.57. The molecular formula is C24H27N7O3. The Labute approximate surface area is 196 Å². The van der Waals surface area contributed by atoms with Crippen molar-refractivity contribution in [3.05, 3.63) is 42.2 Å². The molecule has 2 saturated heterocycles. The summed E-state index contributed by atoms with van der Waals surface area (Å²) in [6.45, 7) is 9.94. The minimum atomic E-state index is -0.0556. The Hall–Kier alpha value is -3.47. The van der Waals surface area contributed by atoms with Crippen molar-refractivity contribution in [1.82, 2.24) is 24.9 Å². The van der Waals surface area contributed by atoms with Crippen LogP contribution in [-0.2, 0) is 16.1 Å². The second-order valence-corrected chi connectivity index (χ2v) is 8.76. The van der Waals surface area contributed by atoms with Gasteiger partial charge in [-0.25, -0.2) is 4.98 Å². The van der Waals surface area contributed by atoms with Gasteiger partial charge in [0.25, 0.3) is 0 Å². The largest absolute Gasteiger partial charge is 0.392 e. The van der Waals surface area contributed by atoms with Gasteiger partial charge >= 0.3 is 0 Å². The van der Waals surface area contributed by atoms with Crippen LogP contribution in [-0.4, -0.2) is 75.6 Å². The third-order valence-electron chi connectivity index (χ3n) is 6.48. The first kappa shape index (κ1) is 21.1. The number of fused-ring (bicyclic) bond motifs is 2. The van der Waals surface area contributed by atoms with Crippen LogP contribution in [0.3, 0.4) is 0 Å². The first-order valence-corrected chi connectivity index (χ1v) is 11.5. The Morgan fingerprint density at radius 2 is 2.06 bits per heavy atom. The van der Waals surface area contributed by atoms with E-state index in [9.17, 15) is 5.11 Å². The van der Waals surface area contributed by atoms with Gasteiger partial charge in [-0.05, 0) is 30.7 Å². The number of H-pyrrole nitrogens is 2. The van der Waals surface area contributed by atoms with Gasteiger partial charge in [0.15, 0.2) is 11.5 Å². The van der Waals surface area contributed by atoms with Gasteiger partial charge in [-0.3, -0.25) is 0 Å². The summed E-state index contributed by atoms with van der Waals surface area (Å²) in [6.07, 6.45) is 1.89. The Morgan fingerprint density at radius 1 is 1.18 bits per heavy atom. The van der Waals surface area contributed by atoms with E-state index in [4.69, 9.17) is 24.4 Å². The van der Waals surface area contributed by atoms with Crippen LogP contribution in [0.5, 0.6) is 0 Å². The highest BCUT2D eigenvalue weighted by atomic mass is 16.5. The third kappa shape index (κ3) is 3.51. The van der Waals surface area contributed by atoms with E-state index in [0.29, 0.717) is 50.4 Å². The van der Waals surface area contributed by atoms with Crippen LogP contribution in [0.15, 0.2) is 36.7 Å². The van der Waals surface area contributed by atoms with Gasteiger partial charge in [-0.1, -0.05) is 6.58 Å². The Bertz CT molecular complexity index is 1380. The zero-order chi connectivity index (χ0) is 23.2. The van der Waals surface area contributed by atoms with E-state index in [1.165, 1.54) is 0 Å². The molecule has 176 valence electrons. The fourth-order valence-electron chi connectivity index (χ4n) is 4.70. The lowest BCUT2D eigenvalue weighted by Gasteiger charge is -2.34. The Kier molecular flexibility index (Phi) is 5.20. The molecule has 5 heterocycles. The number of nitrogens with one attached hydrogen (secondary N) is 2. The molecule has 2 aliphatic rings. The number of aromatic nitrogens is 5. The maximum atomic E-state index is 9.78. The minimum absolute atomic E-state index is 0.0556. The number of hydrogen-bond donors (Lipinski definition) is 3. The van der Waals surface area contributed by atoms with E-state index in [1.807, 2.05) is 24.4 Å². The standard InChI is InChI=1S/C24H27N7O3/c1-14-12-33-7-5-30(14)23-20-22(28-24(29-23)31-6-8-34-13-15(31)2)27-21(26-20)18-9-16(11-32)10-19-17(18)3-4-25-19/h3-4,9-10,15,25,32H,1,5-8,11-13H2,2H3,(H,26,27,28,29)/t15-/m1/s1. The van der Waals surface area contributed by atoms with E-state index in [1.54, 1.807) is 0 Å². The molecule has 2 fully saturated rings. The monoisotopic (exact) mass is 461 g/mol. The molecule has 3 N–H and O–H groups in total. The Morgan fingerprint density at radius 3 is 2.88 bits per heavy atom. The summed E-state index contributed by atoms with van der Waals surface area (Å²) in [4.78, 5) is 25.7. The maximum absolute atomic E-state index is 9.78. The molecule has 10 heteroatoms. The average Bonchev–Trinajstić information content (AvgIpc) is 3.50.